The van der Waals surface area contributed by atoms with Crippen molar-refractivity contribution in [1.29, 1.82) is 0 Å². The monoisotopic (exact) mass is 565 g/mol. The summed E-state index contributed by atoms with van der Waals surface area (Å²) in [5.41, 5.74) is 1.28. The van der Waals surface area contributed by atoms with Gasteiger partial charge in [0.2, 0.25) is 0 Å². The molecule has 0 unspecified atom stereocenters. The second kappa shape index (κ2) is 11.1. The number of aromatic nitrogens is 3. The maximum atomic E-state index is 14.3. The molecular formula is C30H30F3N5O3. The molecule has 5 rings (SSSR count). The Balaban J connectivity index is 1.50. The number of piperazine rings is 1. The Morgan fingerprint density at radius 2 is 1.76 bits per heavy atom. The van der Waals surface area contributed by atoms with Crippen LogP contribution in [0.4, 0.5) is 13.2 Å². The van der Waals surface area contributed by atoms with E-state index in [2.05, 4.69) is 15.0 Å². The van der Waals surface area contributed by atoms with Crippen LogP contribution in [0.25, 0.3) is 22.6 Å². The first kappa shape index (κ1) is 28.0. The minimum Gasteiger partial charge on any atom is -0.502 e. The van der Waals surface area contributed by atoms with E-state index >= 15 is 0 Å². The molecule has 4 aromatic rings. The Morgan fingerprint density at radius 3 is 2.37 bits per heavy atom. The van der Waals surface area contributed by atoms with Gasteiger partial charge in [0.05, 0.1) is 31.8 Å². The fourth-order valence-electron chi connectivity index (χ4n) is 5.27. The summed E-state index contributed by atoms with van der Waals surface area (Å²) in [5, 5.41) is 3.99. The molecule has 1 fully saturated rings. The Bertz CT molecular complexity index is 1580. The summed E-state index contributed by atoms with van der Waals surface area (Å²) in [5.74, 6) is 0.141. The summed E-state index contributed by atoms with van der Waals surface area (Å²) < 4.78 is 54.2. The van der Waals surface area contributed by atoms with Gasteiger partial charge in [-0.15, -0.1) is 0 Å². The molecule has 11 heteroatoms. The number of hydrogen-bond donors (Lipinski definition) is 0. The highest BCUT2D eigenvalue weighted by atomic mass is 19.4. The van der Waals surface area contributed by atoms with E-state index in [9.17, 15) is 18.0 Å². The standard InChI is InChI=1S/C30H30F3N5O3/c1-19-17-36(25(18-40-3)21-8-6-5-7-9-21)14-15-37(19)29(39)24-16-34-38-27(30(31,32)33)20(2)26(35-28(24)38)22-10-12-23(41-4)13-11-22/h5-13,16,18-19H,14-15,17H2,1-4H3/b25-18+/t19-/m1/s1. The third kappa shape index (κ3) is 5.31. The average molecular weight is 566 g/mol. The lowest BCUT2D eigenvalue weighted by molar-refractivity contribution is -0.143. The minimum absolute atomic E-state index is 0.0151. The molecular weight excluding hydrogens is 535 g/mol. The number of carbonyl (C=O) groups is 1. The molecule has 2 aromatic carbocycles. The van der Waals surface area contributed by atoms with Crippen molar-refractivity contribution in [2.45, 2.75) is 26.1 Å². The van der Waals surface area contributed by atoms with Crippen LogP contribution in [0.2, 0.25) is 0 Å². The number of nitrogens with zero attached hydrogens (tertiary/aromatic N) is 5. The molecule has 0 N–H and O–H groups in total. The zero-order valence-electron chi connectivity index (χ0n) is 23.1. The van der Waals surface area contributed by atoms with Crippen molar-refractivity contribution >= 4 is 17.3 Å². The van der Waals surface area contributed by atoms with Crippen molar-refractivity contribution in [3.8, 4) is 17.0 Å². The number of ether oxygens (including phenoxy) is 2. The molecule has 0 radical (unpaired) electrons. The van der Waals surface area contributed by atoms with E-state index < -0.39 is 17.8 Å². The zero-order valence-corrected chi connectivity index (χ0v) is 23.1. The molecule has 0 aliphatic carbocycles. The number of rotatable bonds is 6. The molecule has 41 heavy (non-hydrogen) atoms. The van der Waals surface area contributed by atoms with Crippen LogP contribution in [0.1, 0.15) is 34.1 Å². The zero-order chi connectivity index (χ0) is 29.3. The molecule has 1 saturated heterocycles. The lowest BCUT2D eigenvalue weighted by atomic mass is 10.0. The number of amides is 1. The number of fused-ring (bicyclic) bond motifs is 1. The van der Waals surface area contributed by atoms with Gasteiger partial charge in [0.1, 0.15) is 17.6 Å². The van der Waals surface area contributed by atoms with Crippen LogP contribution in [0.5, 0.6) is 5.75 Å². The Labute approximate surface area is 235 Å². The van der Waals surface area contributed by atoms with Crippen molar-refractivity contribution in [2.24, 2.45) is 0 Å². The van der Waals surface area contributed by atoms with Gasteiger partial charge >= 0.3 is 6.18 Å². The first-order valence-electron chi connectivity index (χ1n) is 13.1. The van der Waals surface area contributed by atoms with Gasteiger partial charge in [0, 0.05) is 42.4 Å². The molecule has 0 spiro atoms. The maximum Gasteiger partial charge on any atom is 0.433 e. The molecule has 3 heterocycles. The van der Waals surface area contributed by atoms with Crippen molar-refractivity contribution in [3.63, 3.8) is 0 Å². The molecule has 2 aromatic heterocycles. The summed E-state index contributed by atoms with van der Waals surface area (Å²) in [6, 6.07) is 16.1. The van der Waals surface area contributed by atoms with Crippen LogP contribution in [-0.4, -0.2) is 70.2 Å². The molecule has 1 amide bonds. The van der Waals surface area contributed by atoms with Gasteiger partial charge in [-0.25, -0.2) is 9.50 Å². The Kier molecular flexibility index (Phi) is 7.61. The summed E-state index contributed by atoms with van der Waals surface area (Å²) in [7, 11) is 3.09. The number of carbonyl (C=O) groups excluding carboxylic acids is 1. The van der Waals surface area contributed by atoms with E-state index in [1.165, 1.54) is 20.2 Å². The third-order valence-electron chi connectivity index (χ3n) is 7.27. The number of halogens is 3. The van der Waals surface area contributed by atoms with Crippen LogP contribution >= 0.6 is 0 Å². The van der Waals surface area contributed by atoms with Crippen molar-refractivity contribution in [2.75, 3.05) is 33.9 Å². The maximum absolute atomic E-state index is 14.3. The highest BCUT2D eigenvalue weighted by molar-refractivity contribution is 6.00. The number of alkyl halides is 3. The summed E-state index contributed by atoms with van der Waals surface area (Å²) in [6.07, 6.45) is -1.87. The Hall–Kier alpha value is -4.54. The normalized spacial score (nSPS) is 16.3. The van der Waals surface area contributed by atoms with E-state index in [1.807, 2.05) is 37.3 Å². The third-order valence-corrected chi connectivity index (χ3v) is 7.27. The first-order valence-corrected chi connectivity index (χ1v) is 13.1. The summed E-state index contributed by atoms with van der Waals surface area (Å²) in [4.78, 5) is 22.2. The first-order chi connectivity index (χ1) is 19.6. The van der Waals surface area contributed by atoms with Crippen LogP contribution in [-0.2, 0) is 10.9 Å². The fourth-order valence-corrected chi connectivity index (χ4v) is 5.27. The van der Waals surface area contributed by atoms with E-state index in [4.69, 9.17) is 9.47 Å². The highest BCUT2D eigenvalue weighted by Gasteiger charge is 2.39. The van der Waals surface area contributed by atoms with Crippen molar-refractivity contribution < 1.29 is 27.4 Å². The summed E-state index contributed by atoms with van der Waals surface area (Å²) >= 11 is 0. The average Bonchev–Trinajstić information content (AvgIpc) is 3.38. The molecule has 214 valence electrons. The van der Waals surface area contributed by atoms with Crippen molar-refractivity contribution in [3.05, 3.63) is 89.4 Å². The molecule has 1 aliphatic heterocycles. The van der Waals surface area contributed by atoms with Gasteiger partial charge < -0.3 is 19.3 Å². The SMILES string of the molecule is CO/C=C(\c1ccccc1)N1CCN(C(=O)c2cnn3c(C(F)(F)F)c(C)c(-c4ccc(OC)cc4)nc23)[C@H](C)C1. The smallest absolute Gasteiger partial charge is 0.433 e. The lowest BCUT2D eigenvalue weighted by Crippen LogP contribution is -2.53. The van der Waals surface area contributed by atoms with Gasteiger partial charge in [-0.05, 0) is 38.1 Å². The largest absolute Gasteiger partial charge is 0.502 e. The topological polar surface area (TPSA) is 72.2 Å². The quantitative estimate of drug-likeness (QED) is 0.287. The summed E-state index contributed by atoms with van der Waals surface area (Å²) in [6.45, 7) is 4.64. The second-order valence-electron chi connectivity index (χ2n) is 9.85. The molecule has 1 atom stereocenters. The van der Waals surface area contributed by atoms with Gasteiger partial charge in [-0.1, -0.05) is 30.3 Å². The van der Waals surface area contributed by atoms with E-state index in [0.717, 1.165) is 15.8 Å². The molecule has 8 nitrogen and oxygen atoms in total. The van der Waals surface area contributed by atoms with E-state index in [1.54, 1.807) is 42.5 Å². The molecule has 0 saturated carbocycles. The Morgan fingerprint density at radius 1 is 1.05 bits per heavy atom. The van der Waals surface area contributed by atoms with Gasteiger partial charge in [-0.2, -0.15) is 18.3 Å². The second-order valence-corrected chi connectivity index (χ2v) is 9.85. The predicted molar refractivity (Wildman–Crippen MR) is 148 cm³/mol. The van der Waals surface area contributed by atoms with Gasteiger partial charge in [0.25, 0.3) is 5.91 Å². The van der Waals surface area contributed by atoms with Crippen molar-refractivity contribution in [1.82, 2.24) is 24.4 Å². The van der Waals surface area contributed by atoms with Crippen LogP contribution in [0.15, 0.2) is 67.1 Å². The molecule has 0 bridgehead atoms. The van der Waals surface area contributed by atoms with Gasteiger partial charge in [-0.3, -0.25) is 4.79 Å². The van der Waals surface area contributed by atoms with E-state index in [-0.39, 0.29) is 28.5 Å². The van der Waals surface area contributed by atoms with Crippen LogP contribution in [0.3, 0.4) is 0 Å². The molecule has 1 aliphatic rings. The van der Waals surface area contributed by atoms with Crippen LogP contribution in [0, 0.1) is 6.92 Å². The minimum atomic E-state index is -4.72. The predicted octanol–water partition coefficient (Wildman–Crippen LogP) is 5.52. The van der Waals surface area contributed by atoms with Crippen LogP contribution < -0.4 is 4.74 Å². The lowest BCUT2D eigenvalue weighted by Gasteiger charge is -2.41. The van der Waals surface area contributed by atoms with E-state index in [0.29, 0.717) is 30.9 Å². The number of methoxy groups -OCH3 is 2. The fraction of sp³-hybridized carbons (Fsp3) is 0.300. The number of hydrogen-bond acceptors (Lipinski definition) is 6. The highest BCUT2D eigenvalue weighted by Crippen LogP contribution is 2.37. The number of benzene rings is 2. The van der Waals surface area contributed by atoms with Gasteiger partial charge in [0.15, 0.2) is 11.3 Å².